The number of halogens is 2. The fourth-order valence-electron chi connectivity index (χ4n) is 2.52. The van der Waals surface area contributed by atoms with Gasteiger partial charge in [0.2, 0.25) is 5.95 Å². The van der Waals surface area contributed by atoms with E-state index in [0.717, 1.165) is 12.1 Å². The fourth-order valence-corrected chi connectivity index (χ4v) is 4.55. The minimum atomic E-state index is -1.68. The van der Waals surface area contributed by atoms with E-state index in [1.54, 1.807) is 11.8 Å². The van der Waals surface area contributed by atoms with Crippen LogP contribution in [-0.2, 0) is 12.1 Å². The molecule has 1 aromatic carbocycles. The number of anilines is 1. The summed E-state index contributed by atoms with van der Waals surface area (Å²) in [6.07, 6.45) is 2.76. The summed E-state index contributed by atoms with van der Waals surface area (Å²) in [7, 11) is 3.66. The Labute approximate surface area is 163 Å². The van der Waals surface area contributed by atoms with Crippen molar-refractivity contribution in [2.75, 3.05) is 19.0 Å². The molecule has 2 heterocycles. The number of hydrogen-bond donors (Lipinski definition) is 1. The van der Waals surface area contributed by atoms with Gasteiger partial charge in [0.15, 0.2) is 4.34 Å². The van der Waals surface area contributed by atoms with Crippen molar-refractivity contribution in [1.29, 1.82) is 0 Å². The summed E-state index contributed by atoms with van der Waals surface area (Å²) >= 11 is 2.46. The van der Waals surface area contributed by atoms with Gasteiger partial charge in [0.25, 0.3) is 0 Å². The number of rotatable bonds is 7. The van der Waals surface area contributed by atoms with Crippen molar-refractivity contribution in [3.63, 3.8) is 0 Å². The Morgan fingerprint density at radius 3 is 2.74 bits per heavy atom. The van der Waals surface area contributed by atoms with E-state index in [1.807, 2.05) is 14.1 Å². The van der Waals surface area contributed by atoms with Crippen molar-refractivity contribution in [1.82, 2.24) is 24.1 Å². The van der Waals surface area contributed by atoms with Crippen LogP contribution in [0.3, 0.4) is 0 Å². The molecule has 0 fully saturated rings. The number of aliphatic hydroxyl groups is 1. The molecule has 7 nitrogen and oxygen atoms in total. The molecule has 144 valence electrons. The molecule has 0 aliphatic carbocycles. The van der Waals surface area contributed by atoms with Gasteiger partial charge in [-0.25, -0.2) is 18.4 Å². The third-order valence-electron chi connectivity index (χ3n) is 4.01. The first kappa shape index (κ1) is 19.6. The van der Waals surface area contributed by atoms with Gasteiger partial charge in [0, 0.05) is 31.0 Å². The van der Waals surface area contributed by atoms with Crippen molar-refractivity contribution < 1.29 is 13.9 Å². The molecule has 0 unspecified atom stereocenters. The summed E-state index contributed by atoms with van der Waals surface area (Å²) in [6, 6.07) is 3.13. The molecule has 3 aromatic rings. The van der Waals surface area contributed by atoms with Gasteiger partial charge in [-0.15, -0.1) is 0 Å². The van der Waals surface area contributed by atoms with Gasteiger partial charge in [0.1, 0.15) is 29.9 Å². The van der Waals surface area contributed by atoms with Crippen molar-refractivity contribution in [2.24, 2.45) is 0 Å². The molecule has 2 atom stereocenters. The van der Waals surface area contributed by atoms with Crippen LogP contribution in [0.1, 0.15) is 12.5 Å². The smallest absolute Gasteiger partial charge is 0.237 e. The van der Waals surface area contributed by atoms with Gasteiger partial charge in [-0.05, 0) is 24.5 Å². The largest absolute Gasteiger partial charge is 0.382 e. The molecule has 27 heavy (non-hydrogen) atoms. The maximum Gasteiger partial charge on any atom is 0.237 e. The summed E-state index contributed by atoms with van der Waals surface area (Å²) in [4.78, 5) is 10.0. The summed E-state index contributed by atoms with van der Waals surface area (Å²) in [5, 5.41) is 14.9. The van der Waals surface area contributed by atoms with E-state index < -0.39 is 22.5 Å². The van der Waals surface area contributed by atoms with Gasteiger partial charge < -0.3 is 10.0 Å². The lowest BCUT2D eigenvalue weighted by atomic mass is 9.90. The van der Waals surface area contributed by atoms with E-state index in [9.17, 15) is 13.9 Å². The normalized spacial score (nSPS) is 14.7. The monoisotopic (exact) mass is 412 g/mol. The van der Waals surface area contributed by atoms with E-state index in [-0.39, 0.29) is 12.1 Å². The van der Waals surface area contributed by atoms with E-state index in [0.29, 0.717) is 10.3 Å². The first-order valence-corrected chi connectivity index (χ1v) is 9.63. The number of aromatic nitrogens is 5. The van der Waals surface area contributed by atoms with E-state index in [2.05, 4.69) is 19.4 Å². The minimum absolute atomic E-state index is 0.0169. The zero-order chi connectivity index (χ0) is 19.6. The zero-order valence-electron chi connectivity index (χ0n) is 14.9. The molecular weight excluding hydrogens is 394 g/mol. The second-order valence-electron chi connectivity index (χ2n) is 6.16. The van der Waals surface area contributed by atoms with Crippen LogP contribution in [0.15, 0.2) is 35.2 Å². The van der Waals surface area contributed by atoms with Crippen LogP contribution in [0.5, 0.6) is 0 Å². The fraction of sp³-hybridized carbons (Fsp3) is 0.375. The molecule has 3 rings (SSSR count). The lowest BCUT2D eigenvalue weighted by molar-refractivity contribution is 0.0133. The SMILES string of the molecule is C[C@@H](Sc1nc(N(C)C)ns1)[C@](O)(Cn1cncn1)c1ccc(F)cc1F. The minimum Gasteiger partial charge on any atom is -0.382 e. The average molecular weight is 412 g/mol. The van der Waals surface area contributed by atoms with E-state index in [1.165, 1.54) is 46.7 Å². The van der Waals surface area contributed by atoms with Gasteiger partial charge in [-0.2, -0.15) is 14.5 Å². The quantitative estimate of drug-likeness (QED) is 0.598. The molecule has 0 saturated heterocycles. The van der Waals surface area contributed by atoms with Gasteiger partial charge in [0.05, 0.1) is 6.54 Å². The molecule has 0 spiro atoms. The van der Waals surface area contributed by atoms with Crippen molar-refractivity contribution in [3.05, 3.63) is 48.1 Å². The average Bonchev–Trinajstić information content (AvgIpc) is 3.26. The maximum absolute atomic E-state index is 14.5. The highest BCUT2D eigenvalue weighted by Gasteiger charge is 2.40. The second-order valence-corrected chi connectivity index (χ2v) is 8.50. The van der Waals surface area contributed by atoms with Crippen molar-refractivity contribution in [2.45, 2.75) is 28.7 Å². The van der Waals surface area contributed by atoms with Gasteiger partial charge in [-0.1, -0.05) is 17.8 Å². The molecule has 0 amide bonds. The number of benzene rings is 1. The van der Waals surface area contributed by atoms with Crippen LogP contribution in [0, 0.1) is 11.6 Å². The lowest BCUT2D eigenvalue weighted by Gasteiger charge is -2.33. The summed E-state index contributed by atoms with van der Waals surface area (Å²) in [5.41, 5.74) is -1.70. The van der Waals surface area contributed by atoms with Crippen LogP contribution in [-0.4, -0.2) is 48.6 Å². The van der Waals surface area contributed by atoms with Crippen LogP contribution in [0.4, 0.5) is 14.7 Å². The second kappa shape index (κ2) is 7.87. The first-order chi connectivity index (χ1) is 12.8. The van der Waals surface area contributed by atoms with Crippen molar-refractivity contribution in [3.8, 4) is 0 Å². The highest BCUT2D eigenvalue weighted by atomic mass is 32.2. The topological polar surface area (TPSA) is 80.0 Å². The Bertz CT molecular complexity index is 904. The molecule has 11 heteroatoms. The van der Waals surface area contributed by atoms with Crippen LogP contribution in [0.25, 0.3) is 0 Å². The molecule has 0 saturated carbocycles. The predicted molar refractivity (Wildman–Crippen MR) is 99.8 cm³/mol. The number of thioether (sulfide) groups is 1. The van der Waals surface area contributed by atoms with Crippen molar-refractivity contribution >= 4 is 29.2 Å². The molecule has 2 aromatic heterocycles. The third-order valence-corrected chi connectivity index (χ3v) is 6.06. The molecule has 0 radical (unpaired) electrons. The molecule has 0 aliphatic rings. The maximum atomic E-state index is 14.5. The summed E-state index contributed by atoms with van der Waals surface area (Å²) in [5.74, 6) is -0.974. The molecular formula is C16H18F2N6OS2. The number of nitrogens with zero attached hydrogens (tertiary/aromatic N) is 6. The summed E-state index contributed by atoms with van der Waals surface area (Å²) < 4.78 is 34.1. The van der Waals surface area contributed by atoms with Crippen LogP contribution in [0.2, 0.25) is 0 Å². The molecule has 0 aliphatic heterocycles. The first-order valence-electron chi connectivity index (χ1n) is 7.97. The van der Waals surface area contributed by atoms with E-state index in [4.69, 9.17) is 0 Å². The lowest BCUT2D eigenvalue weighted by Crippen LogP contribution is -2.41. The Morgan fingerprint density at radius 1 is 1.37 bits per heavy atom. The predicted octanol–water partition coefficient (Wildman–Crippen LogP) is 2.54. The standard InChI is InChI=1S/C16H18F2N6OS2/c1-10(26-15-21-14(22-27-15)23(2)3)16(25,7-24-9-19-8-20-24)12-5-4-11(17)6-13(12)18/h4-6,8-10,25H,7H2,1-3H3/t10-,16-/m1/s1. The Kier molecular flexibility index (Phi) is 5.72. The van der Waals surface area contributed by atoms with Gasteiger partial charge in [-0.3, -0.25) is 0 Å². The molecule has 0 bridgehead atoms. The molecule has 1 N–H and O–H groups in total. The summed E-state index contributed by atoms with van der Waals surface area (Å²) in [6.45, 7) is 1.70. The van der Waals surface area contributed by atoms with Crippen LogP contribution >= 0.6 is 23.3 Å². The Balaban J connectivity index is 1.94. The Hall–Kier alpha value is -2.11. The highest BCUT2D eigenvalue weighted by Crippen LogP contribution is 2.40. The van der Waals surface area contributed by atoms with Crippen LogP contribution < -0.4 is 4.90 Å². The van der Waals surface area contributed by atoms with Gasteiger partial charge >= 0.3 is 0 Å². The Morgan fingerprint density at radius 2 is 2.15 bits per heavy atom. The zero-order valence-corrected chi connectivity index (χ0v) is 16.5. The van der Waals surface area contributed by atoms with E-state index >= 15 is 0 Å². The third kappa shape index (κ3) is 4.25. The number of hydrogen-bond acceptors (Lipinski definition) is 8. The highest BCUT2D eigenvalue weighted by molar-refractivity contribution is 8.01.